The highest BCUT2D eigenvalue weighted by Crippen LogP contribution is 2.15. The average molecular weight is 340 g/mol. The van der Waals surface area contributed by atoms with Gasteiger partial charge in [0.15, 0.2) is 0 Å². The lowest BCUT2D eigenvalue weighted by molar-refractivity contribution is -0.128. The van der Waals surface area contributed by atoms with Gasteiger partial charge in [0.25, 0.3) is 0 Å². The summed E-state index contributed by atoms with van der Waals surface area (Å²) in [6.07, 6.45) is 1.08. The molecule has 0 spiro atoms. The van der Waals surface area contributed by atoms with Gasteiger partial charge >= 0.3 is 0 Å². The highest BCUT2D eigenvalue weighted by atomic mass is 16.5. The molecule has 1 N–H and O–H groups in total. The van der Waals surface area contributed by atoms with Crippen LogP contribution in [0.2, 0.25) is 0 Å². The Morgan fingerprint density at radius 2 is 1.80 bits per heavy atom. The van der Waals surface area contributed by atoms with Gasteiger partial charge in [-0.25, -0.2) is 0 Å². The normalized spacial score (nSPS) is 10.2. The molecule has 2 aromatic rings. The second-order valence-corrected chi connectivity index (χ2v) is 5.97. The number of hydrogen-bond donors (Lipinski definition) is 1. The van der Waals surface area contributed by atoms with Crippen molar-refractivity contribution in [1.82, 2.24) is 4.90 Å². The van der Waals surface area contributed by atoms with Crippen molar-refractivity contribution in [3.8, 4) is 5.75 Å². The van der Waals surface area contributed by atoms with Crippen molar-refractivity contribution in [3.63, 3.8) is 0 Å². The van der Waals surface area contributed by atoms with Crippen molar-refractivity contribution >= 4 is 17.5 Å². The summed E-state index contributed by atoms with van der Waals surface area (Å²) in [7, 11) is 3.38. The average Bonchev–Trinajstić information content (AvgIpc) is 2.60. The van der Waals surface area contributed by atoms with Gasteiger partial charge in [0.2, 0.25) is 11.8 Å². The van der Waals surface area contributed by atoms with Crippen molar-refractivity contribution in [1.29, 1.82) is 0 Å². The molecule has 5 nitrogen and oxygen atoms in total. The van der Waals surface area contributed by atoms with E-state index in [1.165, 1.54) is 6.92 Å². The Balaban J connectivity index is 1.88. The quantitative estimate of drug-likeness (QED) is 0.842. The molecule has 0 bridgehead atoms. The standard InChI is InChI=1S/C20H24N2O3/c1-15(23)22(2)14-17-5-4-6-18(13-17)21-20(24)12-9-16-7-10-19(25-3)11-8-16/h4-8,10-11,13H,9,12,14H2,1-3H3,(H,21,24). The Kier molecular flexibility index (Phi) is 6.57. The van der Waals surface area contributed by atoms with Crippen LogP contribution >= 0.6 is 0 Å². The van der Waals surface area contributed by atoms with Crippen LogP contribution in [0, 0.1) is 0 Å². The number of hydrogen-bond acceptors (Lipinski definition) is 3. The third kappa shape index (κ3) is 5.95. The van der Waals surface area contributed by atoms with E-state index in [4.69, 9.17) is 4.74 Å². The minimum absolute atomic E-state index is 0.00827. The SMILES string of the molecule is COc1ccc(CCC(=O)Nc2cccc(CN(C)C(C)=O)c2)cc1. The van der Waals surface area contributed by atoms with Crippen molar-refractivity contribution in [2.45, 2.75) is 26.3 Å². The molecule has 0 radical (unpaired) electrons. The molecular weight excluding hydrogens is 316 g/mol. The van der Waals surface area contributed by atoms with Crippen molar-refractivity contribution in [2.75, 3.05) is 19.5 Å². The number of carbonyl (C=O) groups excluding carboxylic acids is 2. The molecule has 0 aliphatic carbocycles. The summed E-state index contributed by atoms with van der Waals surface area (Å²) in [5, 5.41) is 2.91. The molecule has 2 aromatic carbocycles. The molecular formula is C20H24N2O3. The minimum atomic E-state index is -0.0344. The molecule has 132 valence electrons. The Morgan fingerprint density at radius 3 is 2.44 bits per heavy atom. The van der Waals surface area contributed by atoms with Gasteiger partial charge in [-0.2, -0.15) is 0 Å². The van der Waals surface area contributed by atoms with E-state index in [0.717, 1.165) is 22.6 Å². The highest BCUT2D eigenvalue weighted by molar-refractivity contribution is 5.90. The molecule has 0 aliphatic rings. The fourth-order valence-electron chi connectivity index (χ4n) is 2.41. The Hall–Kier alpha value is -2.82. The second kappa shape index (κ2) is 8.87. The number of nitrogens with one attached hydrogen (secondary N) is 1. The number of amides is 2. The van der Waals surface area contributed by atoms with Crippen molar-refractivity contribution < 1.29 is 14.3 Å². The number of aryl methyl sites for hydroxylation is 1. The Labute approximate surface area is 148 Å². The van der Waals surface area contributed by atoms with Crippen LogP contribution in [0.1, 0.15) is 24.5 Å². The van der Waals surface area contributed by atoms with Gasteiger partial charge < -0.3 is 15.0 Å². The molecule has 0 fully saturated rings. The van der Waals surface area contributed by atoms with E-state index in [0.29, 0.717) is 19.4 Å². The number of methoxy groups -OCH3 is 1. The van der Waals surface area contributed by atoms with Crippen LogP contribution in [-0.4, -0.2) is 30.9 Å². The molecule has 0 unspecified atom stereocenters. The lowest BCUT2D eigenvalue weighted by atomic mass is 10.1. The number of anilines is 1. The maximum absolute atomic E-state index is 12.2. The summed E-state index contributed by atoms with van der Waals surface area (Å²) in [4.78, 5) is 25.1. The van der Waals surface area contributed by atoms with E-state index in [2.05, 4.69) is 5.32 Å². The smallest absolute Gasteiger partial charge is 0.224 e. The predicted octanol–water partition coefficient (Wildman–Crippen LogP) is 3.24. The largest absolute Gasteiger partial charge is 0.497 e. The van der Waals surface area contributed by atoms with Gasteiger partial charge in [-0.05, 0) is 41.8 Å². The summed E-state index contributed by atoms with van der Waals surface area (Å²) in [5.41, 5.74) is 2.81. The zero-order valence-corrected chi connectivity index (χ0v) is 14.9. The molecule has 0 saturated heterocycles. The van der Waals surface area contributed by atoms with E-state index < -0.39 is 0 Å². The third-order valence-electron chi connectivity index (χ3n) is 3.97. The van der Waals surface area contributed by atoms with Gasteiger partial charge in [0, 0.05) is 32.6 Å². The predicted molar refractivity (Wildman–Crippen MR) is 98.5 cm³/mol. The summed E-state index contributed by atoms with van der Waals surface area (Å²) in [6, 6.07) is 15.3. The van der Waals surface area contributed by atoms with Crippen LogP contribution in [0.5, 0.6) is 5.75 Å². The van der Waals surface area contributed by atoms with Gasteiger partial charge in [0.1, 0.15) is 5.75 Å². The minimum Gasteiger partial charge on any atom is -0.497 e. The van der Waals surface area contributed by atoms with E-state index in [1.807, 2.05) is 48.5 Å². The number of carbonyl (C=O) groups is 2. The first-order chi connectivity index (χ1) is 12.0. The molecule has 0 aromatic heterocycles. The first-order valence-corrected chi connectivity index (χ1v) is 8.21. The van der Waals surface area contributed by atoms with Gasteiger partial charge in [-0.1, -0.05) is 24.3 Å². The van der Waals surface area contributed by atoms with Crippen molar-refractivity contribution in [2.24, 2.45) is 0 Å². The molecule has 0 heterocycles. The monoisotopic (exact) mass is 340 g/mol. The van der Waals surface area contributed by atoms with Gasteiger partial charge in [0.05, 0.1) is 7.11 Å². The first-order valence-electron chi connectivity index (χ1n) is 8.21. The lowest BCUT2D eigenvalue weighted by Gasteiger charge is -2.15. The molecule has 0 saturated carbocycles. The highest BCUT2D eigenvalue weighted by Gasteiger charge is 2.07. The lowest BCUT2D eigenvalue weighted by Crippen LogP contribution is -2.23. The van der Waals surface area contributed by atoms with Crippen LogP contribution in [0.3, 0.4) is 0 Å². The zero-order chi connectivity index (χ0) is 18.2. The molecule has 2 amide bonds. The maximum atomic E-state index is 12.2. The van der Waals surface area contributed by atoms with Crippen LogP contribution < -0.4 is 10.1 Å². The number of rotatable bonds is 7. The van der Waals surface area contributed by atoms with Crippen LogP contribution in [-0.2, 0) is 22.6 Å². The van der Waals surface area contributed by atoms with E-state index in [1.54, 1.807) is 19.1 Å². The number of nitrogens with zero attached hydrogens (tertiary/aromatic N) is 1. The molecule has 0 atom stereocenters. The summed E-state index contributed by atoms with van der Waals surface area (Å²) >= 11 is 0. The topological polar surface area (TPSA) is 58.6 Å². The molecule has 25 heavy (non-hydrogen) atoms. The van der Waals surface area contributed by atoms with Gasteiger partial charge in [-0.15, -0.1) is 0 Å². The van der Waals surface area contributed by atoms with E-state index in [9.17, 15) is 9.59 Å². The molecule has 0 aliphatic heterocycles. The third-order valence-corrected chi connectivity index (χ3v) is 3.97. The van der Waals surface area contributed by atoms with Crippen molar-refractivity contribution in [3.05, 3.63) is 59.7 Å². The van der Waals surface area contributed by atoms with Crippen LogP contribution in [0.4, 0.5) is 5.69 Å². The van der Waals surface area contributed by atoms with E-state index in [-0.39, 0.29) is 11.8 Å². The summed E-state index contributed by atoms with van der Waals surface area (Å²) in [5.74, 6) is 0.780. The Bertz CT molecular complexity index is 726. The zero-order valence-electron chi connectivity index (χ0n) is 14.9. The fourth-order valence-corrected chi connectivity index (χ4v) is 2.41. The molecule has 2 rings (SSSR count). The Morgan fingerprint density at radius 1 is 1.08 bits per heavy atom. The second-order valence-electron chi connectivity index (χ2n) is 5.97. The summed E-state index contributed by atoms with van der Waals surface area (Å²) in [6.45, 7) is 2.05. The molecule has 5 heteroatoms. The first kappa shape index (κ1) is 18.5. The van der Waals surface area contributed by atoms with E-state index >= 15 is 0 Å². The van der Waals surface area contributed by atoms with Crippen LogP contribution in [0.25, 0.3) is 0 Å². The van der Waals surface area contributed by atoms with Gasteiger partial charge in [-0.3, -0.25) is 9.59 Å². The van der Waals surface area contributed by atoms with Crippen LogP contribution in [0.15, 0.2) is 48.5 Å². The number of ether oxygens (including phenoxy) is 1. The number of benzene rings is 2. The summed E-state index contributed by atoms with van der Waals surface area (Å²) < 4.78 is 5.12. The fraction of sp³-hybridized carbons (Fsp3) is 0.300. The maximum Gasteiger partial charge on any atom is 0.224 e.